The largest absolute Gasteiger partial charge is 0.753 e. The van der Waals surface area contributed by atoms with E-state index in [-0.39, 0.29) is 6.61 Å². The molecule has 0 aromatic heterocycles. The Morgan fingerprint density at radius 3 is 2.43 bits per heavy atom. The van der Waals surface area contributed by atoms with Gasteiger partial charge in [-0.05, 0) is 6.92 Å². The molecule has 0 fully saturated rings. The lowest BCUT2D eigenvalue weighted by Crippen LogP contribution is -1.97. The van der Waals surface area contributed by atoms with Crippen LogP contribution in [0.25, 0.3) is 0 Å². The summed E-state index contributed by atoms with van der Waals surface area (Å²) in [4.78, 5) is 9.37. The zero-order valence-electron chi connectivity index (χ0n) is 3.76. The van der Waals surface area contributed by atoms with Crippen LogP contribution in [0.4, 0.5) is 4.20 Å². The summed E-state index contributed by atoms with van der Waals surface area (Å²) in [5, 5.41) is 0. The molecule has 0 bridgehead atoms. The third kappa shape index (κ3) is 6.08. The van der Waals surface area contributed by atoms with Gasteiger partial charge in [-0.25, -0.2) is 0 Å². The van der Waals surface area contributed by atoms with Gasteiger partial charge in [0.25, 0.3) is 0 Å². The van der Waals surface area contributed by atoms with E-state index in [0.29, 0.717) is 0 Å². The molecule has 0 heterocycles. The summed E-state index contributed by atoms with van der Waals surface area (Å²) in [6.45, 7) is 1.25. The molecule has 0 amide bonds. The zero-order valence-corrected chi connectivity index (χ0v) is 4.65. The van der Waals surface area contributed by atoms with E-state index in [1.165, 1.54) is 6.92 Å². The minimum Gasteiger partial charge on any atom is -0.753 e. The van der Waals surface area contributed by atoms with Crippen LogP contribution in [0.3, 0.4) is 0 Å². The average molecular weight is 127 g/mol. The highest BCUT2D eigenvalue weighted by Crippen LogP contribution is 2.37. The van der Waals surface area contributed by atoms with E-state index >= 15 is 0 Å². The predicted molar refractivity (Wildman–Crippen MR) is 20.3 cm³/mol. The average Bonchev–Trinajstić information content (AvgIpc) is 1.30. The molecule has 0 aromatic rings. The van der Waals surface area contributed by atoms with Crippen LogP contribution in [-0.4, -0.2) is 6.61 Å². The van der Waals surface area contributed by atoms with Crippen molar-refractivity contribution in [2.75, 3.05) is 6.61 Å². The van der Waals surface area contributed by atoms with E-state index in [2.05, 4.69) is 4.52 Å². The number of hydrogen-bond donors (Lipinski definition) is 0. The quantitative estimate of drug-likeness (QED) is 0.506. The monoisotopic (exact) mass is 127 g/mol. The van der Waals surface area contributed by atoms with Crippen LogP contribution in [0.15, 0.2) is 0 Å². The Kier molecular flexibility index (Phi) is 2.43. The van der Waals surface area contributed by atoms with Crippen molar-refractivity contribution in [2.45, 2.75) is 6.92 Å². The summed E-state index contributed by atoms with van der Waals surface area (Å²) >= 11 is 0. The van der Waals surface area contributed by atoms with E-state index in [9.17, 15) is 13.7 Å². The maximum absolute atomic E-state index is 11.2. The summed E-state index contributed by atoms with van der Waals surface area (Å²) in [6.07, 6.45) is 0. The Morgan fingerprint density at radius 1 is 2.00 bits per heavy atom. The van der Waals surface area contributed by atoms with Gasteiger partial charge < -0.3 is 9.42 Å². The van der Waals surface area contributed by atoms with Crippen LogP contribution in [0.5, 0.6) is 0 Å². The van der Waals surface area contributed by atoms with E-state index in [0.717, 1.165) is 0 Å². The van der Waals surface area contributed by atoms with Gasteiger partial charge in [-0.1, -0.05) is 0 Å². The Labute approximate surface area is 40.8 Å². The molecule has 0 radical (unpaired) electrons. The van der Waals surface area contributed by atoms with Crippen molar-refractivity contribution in [2.24, 2.45) is 0 Å². The first-order valence-electron chi connectivity index (χ1n) is 1.71. The molecule has 5 heteroatoms. The highest BCUT2D eigenvalue weighted by molar-refractivity contribution is 7.45. The minimum absolute atomic E-state index is 0.142. The summed E-state index contributed by atoms with van der Waals surface area (Å²) in [5.41, 5.74) is 0. The third-order valence-electron chi connectivity index (χ3n) is 0.283. The molecule has 0 N–H and O–H groups in total. The van der Waals surface area contributed by atoms with Gasteiger partial charge in [0.2, 0.25) is 0 Å². The van der Waals surface area contributed by atoms with Crippen molar-refractivity contribution in [1.82, 2.24) is 0 Å². The van der Waals surface area contributed by atoms with Gasteiger partial charge in [-0.2, -0.15) is 4.20 Å². The highest BCUT2D eigenvalue weighted by atomic mass is 31.2. The topological polar surface area (TPSA) is 49.4 Å². The molecule has 0 aliphatic rings. The van der Waals surface area contributed by atoms with E-state index in [1.54, 1.807) is 0 Å². The van der Waals surface area contributed by atoms with Gasteiger partial charge in [-0.3, -0.25) is 4.57 Å². The fourth-order valence-corrected chi connectivity index (χ4v) is 0.463. The van der Waals surface area contributed by atoms with Crippen LogP contribution >= 0.6 is 7.91 Å². The smallest absolute Gasteiger partial charge is 0.307 e. The molecule has 0 saturated carbocycles. The van der Waals surface area contributed by atoms with Gasteiger partial charge in [0.05, 0.1) is 6.61 Å². The lowest BCUT2D eigenvalue weighted by Gasteiger charge is -2.09. The zero-order chi connectivity index (χ0) is 5.91. The van der Waals surface area contributed by atoms with Gasteiger partial charge in [0.15, 0.2) is 0 Å². The van der Waals surface area contributed by atoms with Crippen molar-refractivity contribution >= 4 is 7.91 Å². The van der Waals surface area contributed by atoms with Gasteiger partial charge in [0, 0.05) is 0 Å². The van der Waals surface area contributed by atoms with Crippen molar-refractivity contribution < 1.29 is 18.2 Å². The van der Waals surface area contributed by atoms with Gasteiger partial charge in [0.1, 0.15) is 0 Å². The minimum atomic E-state index is -4.92. The Bertz CT molecular complexity index is 86.9. The lowest BCUT2D eigenvalue weighted by molar-refractivity contribution is -0.211. The second kappa shape index (κ2) is 2.40. The van der Waals surface area contributed by atoms with E-state index in [1.807, 2.05) is 0 Å². The van der Waals surface area contributed by atoms with Crippen molar-refractivity contribution in [3.63, 3.8) is 0 Å². The maximum atomic E-state index is 11.2. The Balaban J connectivity index is 3.36. The normalized spacial score (nSPS) is 18.7. The molecule has 1 unspecified atom stereocenters. The summed E-state index contributed by atoms with van der Waals surface area (Å²) in [5.74, 6) is 0. The molecule has 0 rings (SSSR count). The predicted octanol–water partition coefficient (Wildman–Crippen LogP) is 0.461. The molecule has 0 aliphatic carbocycles. The Hall–Kier alpha value is 0.0800. The third-order valence-corrected chi connectivity index (χ3v) is 0.850. The molecule has 3 nitrogen and oxygen atoms in total. The van der Waals surface area contributed by atoms with E-state index in [4.69, 9.17) is 0 Å². The molecule has 0 aliphatic heterocycles. The van der Waals surface area contributed by atoms with Crippen LogP contribution < -0.4 is 4.89 Å². The van der Waals surface area contributed by atoms with Crippen LogP contribution in [0.2, 0.25) is 0 Å². The first-order valence-corrected chi connectivity index (χ1v) is 3.15. The second-order valence-corrected chi connectivity index (χ2v) is 1.97. The van der Waals surface area contributed by atoms with Crippen LogP contribution in [0.1, 0.15) is 6.92 Å². The summed E-state index contributed by atoms with van der Waals surface area (Å²) in [7, 11) is -4.92. The molecule has 0 aromatic carbocycles. The molecular weight excluding hydrogens is 122 g/mol. The summed E-state index contributed by atoms with van der Waals surface area (Å²) < 4.78 is 24.1. The van der Waals surface area contributed by atoms with Crippen molar-refractivity contribution in [1.29, 1.82) is 0 Å². The molecule has 0 spiro atoms. The fraction of sp³-hybridized carbons (Fsp3) is 1.00. The SMILES string of the molecule is CCOP(=O)([O-])F. The highest BCUT2D eigenvalue weighted by Gasteiger charge is 1.99. The Morgan fingerprint density at radius 2 is 2.43 bits per heavy atom. The number of rotatable bonds is 2. The number of hydrogen-bond acceptors (Lipinski definition) is 3. The molecule has 0 saturated heterocycles. The lowest BCUT2D eigenvalue weighted by atomic mass is 10.9. The molecule has 44 valence electrons. The standard InChI is InChI=1S/C2H6FO3P/c1-2-6-7(3,4)5/h2H2,1H3,(H,4,5)/p-1. The van der Waals surface area contributed by atoms with Crippen LogP contribution in [0, 0.1) is 0 Å². The first-order chi connectivity index (χ1) is 3.06. The second-order valence-electron chi connectivity index (χ2n) is 0.848. The van der Waals surface area contributed by atoms with Crippen molar-refractivity contribution in [3.05, 3.63) is 0 Å². The molecular formula is C2H5FO3P-. The molecule has 1 atom stereocenters. The first kappa shape index (κ1) is 7.08. The fourth-order valence-electron chi connectivity index (χ4n) is 0.154. The van der Waals surface area contributed by atoms with Gasteiger partial charge in [-0.15, -0.1) is 0 Å². The number of halogens is 1. The van der Waals surface area contributed by atoms with E-state index < -0.39 is 7.91 Å². The molecule has 7 heavy (non-hydrogen) atoms. The maximum Gasteiger partial charge on any atom is 0.307 e. The van der Waals surface area contributed by atoms with Gasteiger partial charge >= 0.3 is 7.91 Å². The van der Waals surface area contributed by atoms with Crippen LogP contribution in [-0.2, 0) is 9.09 Å². The summed E-state index contributed by atoms with van der Waals surface area (Å²) in [6, 6.07) is 0. The van der Waals surface area contributed by atoms with Crippen molar-refractivity contribution in [3.8, 4) is 0 Å².